The molecule has 0 radical (unpaired) electrons. The van der Waals surface area contributed by atoms with E-state index in [1.54, 1.807) is 0 Å². The highest BCUT2D eigenvalue weighted by Gasteiger charge is 2.16. The topological polar surface area (TPSA) is 0 Å². The fourth-order valence-corrected chi connectivity index (χ4v) is 2.70. The fraction of sp³-hybridized carbons (Fsp3) is 0.800. The zero-order chi connectivity index (χ0) is 8.10. The fourth-order valence-electron chi connectivity index (χ4n) is 1.85. The van der Waals surface area contributed by atoms with Crippen LogP contribution in [0.3, 0.4) is 0 Å². The van der Waals surface area contributed by atoms with Crippen molar-refractivity contribution in [3.8, 4) is 0 Å². The first kappa shape index (κ1) is 9.31. The summed E-state index contributed by atoms with van der Waals surface area (Å²) in [5.74, 6) is 0.902. The van der Waals surface area contributed by atoms with E-state index in [1.807, 2.05) is 0 Å². The second-order valence-corrected chi connectivity index (χ2v) is 4.80. The lowest BCUT2D eigenvalue weighted by molar-refractivity contribution is 0.472. The lowest BCUT2D eigenvalue weighted by Gasteiger charge is -2.13. The van der Waals surface area contributed by atoms with E-state index in [-0.39, 0.29) is 0 Å². The van der Waals surface area contributed by atoms with E-state index in [0.717, 1.165) is 10.7 Å². The average molecular weight is 217 g/mol. The lowest BCUT2D eigenvalue weighted by Crippen LogP contribution is -2.03. The third-order valence-corrected chi connectivity index (χ3v) is 3.30. The van der Waals surface area contributed by atoms with Gasteiger partial charge in [0, 0.05) is 4.83 Å². The molecule has 1 saturated carbocycles. The molecular weight excluding hydrogens is 200 g/mol. The summed E-state index contributed by atoms with van der Waals surface area (Å²) in [5.41, 5.74) is 0. The summed E-state index contributed by atoms with van der Waals surface area (Å²) >= 11 is 3.71. The maximum Gasteiger partial charge on any atom is 0.0148 e. The Morgan fingerprint density at radius 1 is 1.36 bits per heavy atom. The predicted molar refractivity (Wildman–Crippen MR) is 54.1 cm³/mol. The maximum atomic E-state index is 3.80. The molecule has 1 aliphatic rings. The van der Waals surface area contributed by atoms with Crippen LogP contribution in [0.25, 0.3) is 0 Å². The molecule has 2 unspecified atom stereocenters. The number of hydrogen-bond donors (Lipinski definition) is 0. The van der Waals surface area contributed by atoms with Gasteiger partial charge in [0.1, 0.15) is 0 Å². The number of hydrogen-bond acceptors (Lipinski definition) is 0. The molecule has 2 atom stereocenters. The first-order valence-electron chi connectivity index (χ1n) is 4.58. The van der Waals surface area contributed by atoms with Crippen molar-refractivity contribution in [2.75, 3.05) is 0 Å². The zero-order valence-electron chi connectivity index (χ0n) is 7.06. The minimum absolute atomic E-state index is 0.773. The van der Waals surface area contributed by atoms with Crippen LogP contribution in [0.5, 0.6) is 0 Å². The van der Waals surface area contributed by atoms with Crippen LogP contribution in [0.15, 0.2) is 12.7 Å². The maximum absolute atomic E-state index is 3.80. The first-order chi connectivity index (χ1) is 5.33. The van der Waals surface area contributed by atoms with Crippen molar-refractivity contribution < 1.29 is 0 Å². The lowest BCUT2D eigenvalue weighted by atomic mass is 9.97. The highest BCUT2D eigenvalue weighted by Crippen LogP contribution is 2.29. The molecule has 0 aliphatic heterocycles. The van der Waals surface area contributed by atoms with Crippen LogP contribution in [0.2, 0.25) is 0 Å². The van der Waals surface area contributed by atoms with Crippen molar-refractivity contribution in [2.45, 2.75) is 43.4 Å². The van der Waals surface area contributed by atoms with Crippen molar-refractivity contribution in [1.82, 2.24) is 0 Å². The van der Waals surface area contributed by atoms with Gasteiger partial charge in [0.15, 0.2) is 0 Å². The molecule has 0 amide bonds. The van der Waals surface area contributed by atoms with E-state index in [4.69, 9.17) is 0 Å². The minimum atomic E-state index is 0.773. The molecule has 11 heavy (non-hydrogen) atoms. The smallest absolute Gasteiger partial charge is 0.0148 e. The van der Waals surface area contributed by atoms with Crippen LogP contribution in [0.1, 0.15) is 38.5 Å². The molecule has 0 aromatic heterocycles. The van der Waals surface area contributed by atoms with Gasteiger partial charge in [0.2, 0.25) is 0 Å². The van der Waals surface area contributed by atoms with E-state index in [2.05, 4.69) is 28.6 Å². The van der Waals surface area contributed by atoms with Gasteiger partial charge < -0.3 is 0 Å². The first-order valence-corrected chi connectivity index (χ1v) is 5.49. The summed E-state index contributed by atoms with van der Waals surface area (Å²) in [5, 5.41) is 0. The average Bonchev–Trinajstić information content (AvgIpc) is 2.15. The normalized spacial score (nSPS) is 32.8. The van der Waals surface area contributed by atoms with Crippen molar-refractivity contribution in [3.63, 3.8) is 0 Å². The van der Waals surface area contributed by atoms with Crippen molar-refractivity contribution in [3.05, 3.63) is 12.7 Å². The summed E-state index contributed by atoms with van der Waals surface area (Å²) in [4.78, 5) is 0.773. The molecule has 1 fully saturated rings. The minimum Gasteiger partial charge on any atom is -0.103 e. The van der Waals surface area contributed by atoms with Gasteiger partial charge in [-0.2, -0.15) is 0 Å². The zero-order valence-corrected chi connectivity index (χ0v) is 8.65. The van der Waals surface area contributed by atoms with E-state index < -0.39 is 0 Å². The SMILES string of the molecule is C=CCC1CCCCC(Br)C1. The Labute approximate surface area is 78.2 Å². The highest BCUT2D eigenvalue weighted by atomic mass is 79.9. The quantitative estimate of drug-likeness (QED) is 0.373. The third kappa shape index (κ3) is 3.42. The Kier molecular flexibility index (Phi) is 4.21. The van der Waals surface area contributed by atoms with E-state index in [1.165, 1.54) is 38.5 Å². The van der Waals surface area contributed by atoms with E-state index in [0.29, 0.717) is 0 Å². The standard InChI is InChI=1S/C10H17Br/c1-2-5-9-6-3-4-7-10(11)8-9/h2,9-10H,1,3-8H2. The van der Waals surface area contributed by atoms with Crippen LogP contribution in [0, 0.1) is 5.92 Å². The van der Waals surface area contributed by atoms with Gasteiger partial charge in [-0.25, -0.2) is 0 Å². The van der Waals surface area contributed by atoms with Gasteiger partial charge in [-0.3, -0.25) is 0 Å². The third-order valence-electron chi connectivity index (χ3n) is 2.47. The summed E-state index contributed by atoms with van der Waals surface area (Å²) in [6, 6.07) is 0. The Morgan fingerprint density at radius 2 is 2.09 bits per heavy atom. The Balaban J connectivity index is 2.32. The molecule has 64 valence electrons. The van der Waals surface area contributed by atoms with Crippen molar-refractivity contribution in [1.29, 1.82) is 0 Å². The molecule has 0 nitrogen and oxygen atoms in total. The second kappa shape index (κ2) is 4.97. The number of halogens is 1. The Hall–Kier alpha value is 0.220. The molecule has 0 N–H and O–H groups in total. The van der Waals surface area contributed by atoms with Crippen LogP contribution in [-0.4, -0.2) is 4.83 Å². The molecule has 0 aromatic rings. The number of rotatable bonds is 2. The van der Waals surface area contributed by atoms with Crippen molar-refractivity contribution in [2.24, 2.45) is 5.92 Å². The monoisotopic (exact) mass is 216 g/mol. The number of allylic oxidation sites excluding steroid dienone is 1. The summed E-state index contributed by atoms with van der Waals surface area (Å²) in [6.45, 7) is 3.80. The predicted octanol–water partition coefficient (Wildman–Crippen LogP) is 3.91. The van der Waals surface area contributed by atoms with Gasteiger partial charge >= 0.3 is 0 Å². The largest absolute Gasteiger partial charge is 0.103 e. The van der Waals surface area contributed by atoms with Gasteiger partial charge in [0.25, 0.3) is 0 Å². The van der Waals surface area contributed by atoms with Gasteiger partial charge in [-0.05, 0) is 25.2 Å². The summed E-state index contributed by atoms with van der Waals surface area (Å²) in [7, 11) is 0. The molecule has 1 rings (SSSR count). The molecule has 0 saturated heterocycles. The molecule has 0 heterocycles. The molecule has 0 spiro atoms. The van der Waals surface area contributed by atoms with Crippen LogP contribution >= 0.6 is 15.9 Å². The Morgan fingerprint density at radius 3 is 2.82 bits per heavy atom. The molecule has 0 bridgehead atoms. The Bertz CT molecular complexity index is 120. The highest BCUT2D eigenvalue weighted by molar-refractivity contribution is 9.09. The summed E-state index contributed by atoms with van der Waals surface area (Å²) < 4.78 is 0. The van der Waals surface area contributed by atoms with Crippen LogP contribution in [0.4, 0.5) is 0 Å². The van der Waals surface area contributed by atoms with Crippen molar-refractivity contribution >= 4 is 15.9 Å². The summed E-state index contributed by atoms with van der Waals surface area (Å²) in [6.07, 6.45) is 10.2. The second-order valence-electron chi connectivity index (χ2n) is 3.51. The molecule has 1 heteroatoms. The molecule has 1 aliphatic carbocycles. The van der Waals surface area contributed by atoms with E-state index >= 15 is 0 Å². The van der Waals surface area contributed by atoms with Gasteiger partial charge in [-0.15, -0.1) is 6.58 Å². The van der Waals surface area contributed by atoms with Gasteiger partial charge in [-0.1, -0.05) is 41.3 Å². The van der Waals surface area contributed by atoms with Crippen LogP contribution in [-0.2, 0) is 0 Å². The van der Waals surface area contributed by atoms with Crippen LogP contribution < -0.4 is 0 Å². The van der Waals surface area contributed by atoms with E-state index in [9.17, 15) is 0 Å². The van der Waals surface area contributed by atoms with Gasteiger partial charge in [0.05, 0.1) is 0 Å². The molecular formula is C10H17Br. The molecule has 0 aromatic carbocycles. The number of alkyl halides is 1.